The monoisotopic (exact) mass is 254 g/mol. The average molecular weight is 254 g/mol. The summed E-state index contributed by atoms with van der Waals surface area (Å²) in [5.41, 5.74) is 0.578. The maximum atomic E-state index is 11.1. The second-order valence-electron chi connectivity index (χ2n) is 3.69. The Morgan fingerprint density at radius 3 is 2.59 bits per heavy atom. The van der Waals surface area contributed by atoms with Gasteiger partial charge < -0.3 is 8.60 Å². The van der Waals surface area contributed by atoms with Gasteiger partial charge in [-0.25, -0.2) is 4.79 Å². The molecule has 1 aromatic heterocycles. The van der Waals surface area contributed by atoms with Crippen molar-refractivity contribution in [2.45, 2.75) is 6.92 Å². The predicted molar refractivity (Wildman–Crippen MR) is 62.7 cm³/mol. The van der Waals surface area contributed by atoms with E-state index < -0.39 is 15.7 Å². The molecule has 90 valence electrons. The maximum Gasteiger partial charge on any atom is 0.336 e. The molecule has 2 aromatic rings. The van der Waals surface area contributed by atoms with Crippen molar-refractivity contribution >= 4 is 21.1 Å². The fraction of sp³-hybridized carbons (Fsp3) is 0.182. The van der Waals surface area contributed by atoms with E-state index in [0.717, 1.165) is 17.2 Å². The molecule has 17 heavy (non-hydrogen) atoms. The third-order valence-electron chi connectivity index (χ3n) is 2.17. The van der Waals surface area contributed by atoms with Gasteiger partial charge in [-0.05, 0) is 24.6 Å². The molecule has 0 unspecified atom stereocenters. The summed E-state index contributed by atoms with van der Waals surface area (Å²) < 4.78 is 31.7. The second kappa shape index (κ2) is 3.89. The van der Waals surface area contributed by atoms with E-state index in [1.165, 1.54) is 12.1 Å². The normalized spacial score (nSPS) is 11.6. The van der Waals surface area contributed by atoms with Crippen molar-refractivity contribution < 1.29 is 17.0 Å². The van der Waals surface area contributed by atoms with Crippen LogP contribution < -0.4 is 9.81 Å². The Hall–Kier alpha value is -1.82. The minimum atomic E-state index is -3.59. The van der Waals surface area contributed by atoms with Crippen LogP contribution in [0, 0.1) is 6.92 Å². The number of benzene rings is 1. The van der Waals surface area contributed by atoms with Crippen LogP contribution in [0.25, 0.3) is 11.0 Å². The highest BCUT2D eigenvalue weighted by Gasteiger charge is 2.08. The Morgan fingerprint density at radius 2 is 1.94 bits per heavy atom. The van der Waals surface area contributed by atoms with Gasteiger partial charge in [0, 0.05) is 17.5 Å². The summed E-state index contributed by atoms with van der Waals surface area (Å²) in [4.78, 5) is 11.1. The molecule has 1 heterocycles. The van der Waals surface area contributed by atoms with Crippen LogP contribution in [0.1, 0.15) is 5.56 Å². The van der Waals surface area contributed by atoms with E-state index in [1.54, 1.807) is 19.1 Å². The molecule has 2 rings (SSSR count). The molecule has 0 fully saturated rings. The topological polar surface area (TPSA) is 73.6 Å². The van der Waals surface area contributed by atoms with Gasteiger partial charge in [-0.2, -0.15) is 8.42 Å². The van der Waals surface area contributed by atoms with Crippen molar-refractivity contribution in [2.24, 2.45) is 0 Å². The van der Waals surface area contributed by atoms with Crippen molar-refractivity contribution in [3.63, 3.8) is 0 Å². The van der Waals surface area contributed by atoms with Crippen LogP contribution in [-0.2, 0) is 10.1 Å². The molecule has 0 saturated heterocycles. The summed E-state index contributed by atoms with van der Waals surface area (Å²) >= 11 is 0. The number of hydrogen-bond donors (Lipinski definition) is 0. The molecule has 0 aliphatic carbocycles. The highest BCUT2D eigenvalue weighted by molar-refractivity contribution is 7.86. The second-order valence-corrected chi connectivity index (χ2v) is 5.27. The van der Waals surface area contributed by atoms with Crippen molar-refractivity contribution in [3.05, 3.63) is 40.2 Å². The molecular weight excluding hydrogens is 244 g/mol. The zero-order chi connectivity index (χ0) is 12.6. The van der Waals surface area contributed by atoms with E-state index in [0.29, 0.717) is 5.58 Å². The van der Waals surface area contributed by atoms with E-state index in [9.17, 15) is 13.2 Å². The molecule has 0 aliphatic heterocycles. The van der Waals surface area contributed by atoms with Crippen molar-refractivity contribution in [1.82, 2.24) is 0 Å². The fourth-order valence-electron chi connectivity index (χ4n) is 1.55. The van der Waals surface area contributed by atoms with Crippen LogP contribution in [0.3, 0.4) is 0 Å². The van der Waals surface area contributed by atoms with E-state index in [-0.39, 0.29) is 5.75 Å². The maximum absolute atomic E-state index is 11.1. The SMILES string of the molecule is Cc1cc(OS(C)(=O)=O)cc2oc(=O)ccc12. The van der Waals surface area contributed by atoms with Gasteiger partial charge in [0.15, 0.2) is 0 Å². The van der Waals surface area contributed by atoms with Gasteiger partial charge in [-0.1, -0.05) is 0 Å². The molecule has 0 N–H and O–H groups in total. The van der Waals surface area contributed by atoms with Crippen LogP contribution in [-0.4, -0.2) is 14.7 Å². The first-order valence-corrected chi connectivity index (χ1v) is 6.61. The molecule has 5 nitrogen and oxygen atoms in total. The summed E-state index contributed by atoms with van der Waals surface area (Å²) in [7, 11) is -3.59. The minimum Gasteiger partial charge on any atom is -0.423 e. The van der Waals surface area contributed by atoms with Crippen LogP contribution in [0.4, 0.5) is 0 Å². The average Bonchev–Trinajstić information content (AvgIpc) is 2.13. The lowest BCUT2D eigenvalue weighted by molar-refractivity contribution is 0.491. The molecule has 1 aromatic carbocycles. The Balaban J connectivity index is 2.65. The van der Waals surface area contributed by atoms with Gasteiger partial charge in [0.2, 0.25) is 0 Å². The van der Waals surface area contributed by atoms with Crippen LogP contribution in [0.5, 0.6) is 5.75 Å². The highest BCUT2D eigenvalue weighted by Crippen LogP contribution is 2.24. The molecule has 0 amide bonds. The van der Waals surface area contributed by atoms with E-state index in [4.69, 9.17) is 8.60 Å². The summed E-state index contributed by atoms with van der Waals surface area (Å²) in [6.07, 6.45) is 0.952. The minimum absolute atomic E-state index is 0.131. The highest BCUT2D eigenvalue weighted by atomic mass is 32.2. The lowest BCUT2D eigenvalue weighted by Gasteiger charge is -2.06. The van der Waals surface area contributed by atoms with Gasteiger partial charge in [-0.3, -0.25) is 0 Å². The smallest absolute Gasteiger partial charge is 0.336 e. The van der Waals surface area contributed by atoms with Crippen molar-refractivity contribution in [3.8, 4) is 5.75 Å². The van der Waals surface area contributed by atoms with Gasteiger partial charge >= 0.3 is 15.7 Å². The van der Waals surface area contributed by atoms with Crippen LogP contribution in [0.2, 0.25) is 0 Å². The molecule has 0 saturated carbocycles. The van der Waals surface area contributed by atoms with E-state index in [2.05, 4.69) is 0 Å². The Bertz CT molecular complexity index is 727. The number of fused-ring (bicyclic) bond motifs is 1. The van der Waals surface area contributed by atoms with Crippen molar-refractivity contribution in [2.75, 3.05) is 6.26 Å². The van der Waals surface area contributed by atoms with Gasteiger partial charge in [0.1, 0.15) is 11.3 Å². The van der Waals surface area contributed by atoms with Gasteiger partial charge in [-0.15, -0.1) is 0 Å². The zero-order valence-corrected chi connectivity index (χ0v) is 10.1. The molecule has 6 heteroatoms. The van der Waals surface area contributed by atoms with Gasteiger partial charge in [0.25, 0.3) is 0 Å². The number of hydrogen-bond acceptors (Lipinski definition) is 5. The Kier molecular flexibility index (Phi) is 2.66. The predicted octanol–water partition coefficient (Wildman–Crippen LogP) is 1.44. The van der Waals surface area contributed by atoms with Gasteiger partial charge in [0.05, 0.1) is 6.26 Å². The van der Waals surface area contributed by atoms with Crippen LogP contribution in [0.15, 0.2) is 33.5 Å². The van der Waals surface area contributed by atoms with Crippen LogP contribution >= 0.6 is 0 Å². The summed E-state index contributed by atoms with van der Waals surface area (Å²) in [5.74, 6) is 0.131. The molecular formula is C11H10O5S. The van der Waals surface area contributed by atoms with Crippen molar-refractivity contribution in [1.29, 1.82) is 0 Å². The van der Waals surface area contributed by atoms with E-state index >= 15 is 0 Å². The number of rotatable bonds is 2. The number of aryl methyl sites for hydroxylation is 1. The molecule has 0 spiro atoms. The molecule has 0 atom stereocenters. The van der Waals surface area contributed by atoms with E-state index in [1.807, 2.05) is 0 Å². The standard InChI is InChI=1S/C11H10O5S/c1-7-5-8(16-17(2,13)14)6-10-9(7)3-4-11(12)15-10/h3-6H,1-2H3. The summed E-state index contributed by atoms with van der Waals surface area (Å²) in [6.45, 7) is 1.78. The molecule has 0 radical (unpaired) electrons. The fourth-order valence-corrected chi connectivity index (χ4v) is 1.99. The lowest BCUT2D eigenvalue weighted by Crippen LogP contribution is -2.06. The molecule has 0 bridgehead atoms. The Morgan fingerprint density at radius 1 is 1.24 bits per heavy atom. The first-order valence-electron chi connectivity index (χ1n) is 4.79. The zero-order valence-electron chi connectivity index (χ0n) is 9.26. The molecule has 0 aliphatic rings. The Labute approximate surface area is 97.8 Å². The summed E-state index contributed by atoms with van der Waals surface area (Å²) in [5, 5.41) is 0.741. The summed E-state index contributed by atoms with van der Waals surface area (Å²) in [6, 6.07) is 5.89. The lowest BCUT2D eigenvalue weighted by atomic mass is 10.1. The largest absolute Gasteiger partial charge is 0.423 e. The first-order chi connectivity index (χ1) is 7.85. The third-order valence-corrected chi connectivity index (χ3v) is 2.66. The third kappa shape index (κ3) is 2.65. The first kappa shape index (κ1) is 11.7. The quantitative estimate of drug-likeness (QED) is 0.599.